The molecule has 0 aliphatic heterocycles. The molecule has 1 aromatic carbocycles. The van der Waals surface area contributed by atoms with E-state index in [0.717, 1.165) is 11.1 Å². The van der Waals surface area contributed by atoms with Gasteiger partial charge in [-0.3, -0.25) is 15.1 Å². The molecule has 104 valence electrons. The first kappa shape index (κ1) is 14.1. The highest BCUT2D eigenvalue weighted by atomic mass is 16.6. The minimum atomic E-state index is -0.332. The number of para-hydroxylation sites is 1. The third kappa shape index (κ3) is 3.61. The van der Waals surface area contributed by atoms with Gasteiger partial charge in [-0.05, 0) is 37.6 Å². The van der Waals surface area contributed by atoms with Gasteiger partial charge in [-0.2, -0.15) is 0 Å². The highest BCUT2D eigenvalue weighted by Crippen LogP contribution is 2.18. The average Bonchev–Trinajstić information content (AvgIpc) is 2.48. The van der Waals surface area contributed by atoms with Gasteiger partial charge in [0.15, 0.2) is 0 Å². The van der Waals surface area contributed by atoms with E-state index in [2.05, 4.69) is 17.2 Å². The van der Waals surface area contributed by atoms with Crippen molar-refractivity contribution in [3.05, 3.63) is 70.0 Å². The zero-order valence-electron chi connectivity index (χ0n) is 11.3. The topological polar surface area (TPSA) is 68.1 Å². The molecule has 5 heteroatoms. The van der Waals surface area contributed by atoms with E-state index in [4.69, 9.17) is 0 Å². The van der Waals surface area contributed by atoms with Gasteiger partial charge in [0, 0.05) is 30.1 Å². The van der Waals surface area contributed by atoms with E-state index in [-0.39, 0.29) is 16.7 Å². The Hall–Kier alpha value is -2.27. The predicted octanol–water partition coefficient (Wildman–Crippen LogP) is 2.88. The zero-order chi connectivity index (χ0) is 14.4. The third-order valence-corrected chi connectivity index (χ3v) is 3.24. The second-order valence-corrected chi connectivity index (χ2v) is 4.59. The van der Waals surface area contributed by atoms with Crippen molar-refractivity contribution >= 4 is 5.69 Å². The van der Waals surface area contributed by atoms with Crippen LogP contribution in [0.15, 0.2) is 48.8 Å². The largest absolute Gasteiger partial charge is 0.310 e. The van der Waals surface area contributed by atoms with E-state index in [0.29, 0.717) is 13.0 Å². The van der Waals surface area contributed by atoms with Crippen molar-refractivity contribution in [2.75, 3.05) is 6.54 Å². The molecule has 2 rings (SSSR count). The summed E-state index contributed by atoms with van der Waals surface area (Å²) in [6.07, 6.45) is 4.15. The van der Waals surface area contributed by atoms with Crippen LogP contribution in [-0.2, 0) is 6.42 Å². The van der Waals surface area contributed by atoms with Crippen LogP contribution in [0.1, 0.15) is 24.1 Å². The summed E-state index contributed by atoms with van der Waals surface area (Å²) in [7, 11) is 0. The van der Waals surface area contributed by atoms with Crippen LogP contribution in [0.4, 0.5) is 5.69 Å². The number of hydrogen-bond donors (Lipinski definition) is 1. The second kappa shape index (κ2) is 6.77. The minimum Gasteiger partial charge on any atom is -0.310 e. The normalized spacial score (nSPS) is 12.1. The summed E-state index contributed by atoms with van der Waals surface area (Å²) in [6.45, 7) is 2.75. The summed E-state index contributed by atoms with van der Waals surface area (Å²) in [5.41, 5.74) is 2.10. The van der Waals surface area contributed by atoms with Crippen LogP contribution in [0, 0.1) is 10.1 Å². The summed E-state index contributed by atoms with van der Waals surface area (Å²) < 4.78 is 0. The van der Waals surface area contributed by atoms with Crippen molar-refractivity contribution in [1.29, 1.82) is 0 Å². The van der Waals surface area contributed by atoms with Gasteiger partial charge in [-0.1, -0.05) is 18.2 Å². The summed E-state index contributed by atoms with van der Waals surface area (Å²) in [4.78, 5) is 14.6. The summed E-state index contributed by atoms with van der Waals surface area (Å²) in [6, 6.07) is 11.0. The molecule has 0 saturated carbocycles. The van der Waals surface area contributed by atoms with Crippen molar-refractivity contribution in [1.82, 2.24) is 10.3 Å². The Kier molecular flexibility index (Phi) is 4.79. The Morgan fingerprint density at radius 2 is 1.95 bits per heavy atom. The molecular weight excluding hydrogens is 254 g/mol. The first-order valence-corrected chi connectivity index (χ1v) is 6.54. The fraction of sp³-hybridized carbons (Fsp3) is 0.267. The van der Waals surface area contributed by atoms with E-state index >= 15 is 0 Å². The lowest BCUT2D eigenvalue weighted by Gasteiger charge is -2.13. The number of hydrogen-bond acceptors (Lipinski definition) is 4. The predicted molar refractivity (Wildman–Crippen MR) is 77.5 cm³/mol. The maximum atomic E-state index is 10.9. The van der Waals surface area contributed by atoms with Crippen molar-refractivity contribution in [3.63, 3.8) is 0 Å². The van der Waals surface area contributed by atoms with Gasteiger partial charge in [0.05, 0.1) is 4.92 Å². The van der Waals surface area contributed by atoms with Crippen molar-refractivity contribution in [3.8, 4) is 0 Å². The SMILES string of the molecule is C[C@@H](NCCc1ccccc1[N+](=O)[O-])c1ccncc1. The first-order chi connectivity index (χ1) is 9.68. The maximum absolute atomic E-state index is 10.9. The number of nitrogens with zero attached hydrogens (tertiary/aromatic N) is 2. The molecule has 1 aromatic heterocycles. The molecule has 0 saturated heterocycles. The molecule has 0 spiro atoms. The molecule has 0 amide bonds. The molecule has 1 heterocycles. The number of pyridine rings is 1. The molecule has 0 fully saturated rings. The van der Waals surface area contributed by atoms with E-state index in [1.54, 1.807) is 30.6 Å². The Balaban J connectivity index is 1.92. The van der Waals surface area contributed by atoms with Crippen LogP contribution in [0.5, 0.6) is 0 Å². The van der Waals surface area contributed by atoms with Gasteiger partial charge in [-0.15, -0.1) is 0 Å². The Bertz CT molecular complexity index is 572. The van der Waals surface area contributed by atoms with Crippen molar-refractivity contribution < 1.29 is 4.92 Å². The number of nitro benzene ring substituents is 1. The van der Waals surface area contributed by atoms with Crippen LogP contribution in [0.3, 0.4) is 0 Å². The Labute approximate surface area is 117 Å². The number of aromatic nitrogens is 1. The summed E-state index contributed by atoms with van der Waals surface area (Å²) in [5.74, 6) is 0. The second-order valence-electron chi connectivity index (χ2n) is 4.59. The lowest BCUT2D eigenvalue weighted by Crippen LogP contribution is -2.21. The first-order valence-electron chi connectivity index (χ1n) is 6.54. The van der Waals surface area contributed by atoms with Gasteiger partial charge >= 0.3 is 0 Å². The molecule has 0 aliphatic carbocycles. The van der Waals surface area contributed by atoms with E-state index in [1.807, 2.05) is 18.2 Å². The molecule has 1 N–H and O–H groups in total. The monoisotopic (exact) mass is 271 g/mol. The van der Waals surface area contributed by atoms with Gasteiger partial charge in [-0.25, -0.2) is 0 Å². The molecule has 5 nitrogen and oxygen atoms in total. The van der Waals surface area contributed by atoms with Gasteiger partial charge < -0.3 is 5.32 Å². The fourth-order valence-electron chi connectivity index (χ4n) is 2.09. The Morgan fingerprint density at radius 3 is 2.65 bits per heavy atom. The number of nitro groups is 1. The van der Waals surface area contributed by atoms with E-state index < -0.39 is 0 Å². The van der Waals surface area contributed by atoms with Crippen LogP contribution in [0.2, 0.25) is 0 Å². The molecule has 2 aromatic rings. The lowest BCUT2D eigenvalue weighted by molar-refractivity contribution is -0.385. The summed E-state index contributed by atoms with van der Waals surface area (Å²) >= 11 is 0. The fourth-order valence-corrected chi connectivity index (χ4v) is 2.09. The number of nitrogens with one attached hydrogen (secondary N) is 1. The van der Waals surface area contributed by atoms with Gasteiger partial charge in [0.2, 0.25) is 0 Å². The van der Waals surface area contributed by atoms with E-state index in [1.165, 1.54) is 0 Å². The average molecular weight is 271 g/mol. The minimum absolute atomic E-state index is 0.186. The lowest BCUT2D eigenvalue weighted by atomic mass is 10.1. The highest BCUT2D eigenvalue weighted by molar-refractivity contribution is 5.39. The standard InChI is InChI=1S/C15H17N3O2/c1-12(13-6-9-16-10-7-13)17-11-8-14-4-2-3-5-15(14)18(19)20/h2-7,9-10,12,17H,8,11H2,1H3/t12-/m1/s1. The molecule has 0 radical (unpaired) electrons. The van der Waals surface area contributed by atoms with Crippen LogP contribution >= 0.6 is 0 Å². The molecule has 20 heavy (non-hydrogen) atoms. The smallest absolute Gasteiger partial charge is 0.272 e. The van der Waals surface area contributed by atoms with Gasteiger partial charge in [0.25, 0.3) is 5.69 Å². The molecule has 1 atom stereocenters. The van der Waals surface area contributed by atoms with Crippen molar-refractivity contribution in [2.45, 2.75) is 19.4 Å². The molecule has 0 aliphatic rings. The molecule has 0 unspecified atom stereocenters. The van der Waals surface area contributed by atoms with Crippen LogP contribution in [0.25, 0.3) is 0 Å². The third-order valence-electron chi connectivity index (χ3n) is 3.24. The van der Waals surface area contributed by atoms with Crippen LogP contribution in [-0.4, -0.2) is 16.5 Å². The number of rotatable bonds is 6. The van der Waals surface area contributed by atoms with Gasteiger partial charge in [0.1, 0.15) is 0 Å². The molecule has 0 bridgehead atoms. The highest BCUT2D eigenvalue weighted by Gasteiger charge is 2.12. The molecular formula is C15H17N3O2. The zero-order valence-corrected chi connectivity index (χ0v) is 11.3. The van der Waals surface area contributed by atoms with Crippen molar-refractivity contribution in [2.24, 2.45) is 0 Å². The maximum Gasteiger partial charge on any atom is 0.272 e. The van der Waals surface area contributed by atoms with Crippen LogP contribution < -0.4 is 5.32 Å². The van der Waals surface area contributed by atoms with E-state index in [9.17, 15) is 10.1 Å². The Morgan fingerprint density at radius 1 is 1.25 bits per heavy atom. The quantitative estimate of drug-likeness (QED) is 0.648. The summed E-state index contributed by atoms with van der Waals surface area (Å²) in [5, 5.41) is 14.3. The number of benzene rings is 1.